The van der Waals surface area contributed by atoms with E-state index in [2.05, 4.69) is 0 Å². The van der Waals surface area contributed by atoms with Gasteiger partial charge in [0.05, 0.1) is 19.8 Å². The molecule has 0 radical (unpaired) electrons. The summed E-state index contributed by atoms with van der Waals surface area (Å²) < 4.78 is 5.21. The van der Waals surface area contributed by atoms with Gasteiger partial charge in [-0.3, -0.25) is 14.5 Å². The van der Waals surface area contributed by atoms with Crippen LogP contribution in [0.2, 0.25) is 0 Å². The van der Waals surface area contributed by atoms with Gasteiger partial charge in [-0.1, -0.05) is 6.92 Å². The van der Waals surface area contributed by atoms with E-state index in [0.717, 1.165) is 6.42 Å². The van der Waals surface area contributed by atoms with Crippen molar-refractivity contribution in [3.8, 4) is 0 Å². The van der Waals surface area contributed by atoms with Gasteiger partial charge in [-0.25, -0.2) is 0 Å². The van der Waals surface area contributed by atoms with E-state index in [1.807, 2.05) is 23.6 Å². The van der Waals surface area contributed by atoms with E-state index in [4.69, 9.17) is 9.84 Å². The third kappa shape index (κ3) is 5.88. The highest BCUT2D eigenvalue weighted by molar-refractivity contribution is 5.76. The van der Waals surface area contributed by atoms with Crippen LogP contribution in [0, 0.1) is 0 Å². The number of morpholine rings is 1. The molecule has 1 aliphatic rings. The average molecular weight is 286 g/mol. The summed E-state index contributed by atoms with van der Waals surface area (Å²) in [6.07, 6.45) is 2.09. The van der Waals surface area contributed by atoms with Crippen molar-refractivity contribution in [3.05, 3.63) is 0 Å². The van der Waals surface area contributed by atoms with Crippen molar-refractivity contribution in [2.45, 2.75) is 39.2 Å². The monoisotopic (exact) mass is 286 g/mol. The van der Waals surface area contributed by atoms with Gasteiger partial charge >= 0.3 is 5.97 Å². The second kappa shape index (κ2) is 8.92. The quantitative estimate of drug-likeness (QED) is 0.715. The predicted octanol–water partition coefficient (Wildman–Crippen LogP) is 0.811. The Morgan fingerprint density at radius 3 is 2.55 bits per heavy atom. The molecule has 0 aliphatic carbocycles. The van der Waals surface area contributed by atoms with Crippen LogP contribution in [0.5, 0.6) is 0 Å². The summed E-state index contributed by atoms with van der Waals surface area (Å²) in [6, 6.07) is 0.226. The van der Waals surface area contributed by atoms with Gasteiger partial charge in [0.25, 0.3) is 0 Å². The molecule has 0 bridgehead atoms. The lowest BCUT2D eigenvalue weighted by Crippen LogP contribution is -2.41. The highest BCUT2D eigenvalue weighted by Crippen LogP contribution is 2.07. The first-order valence-electron chi connectivity index (χ1n) is 7.36. The zero-order valence-corrected chi connectivity index (χ0v) is 12.5. The lowest BCUT2D eigenvalue weighted by molar-refractivity contribution is -0.138. The van der Waals surface area contributed by atoms with Crippen LogP contribution in [0.3, 0.4) is 0 Å². The van der Waals surface area contributed by atoms with Crippen LogP contribution in [0.25, 0.3) is 0 Å². The number of hydrogen-bond donors (Lipinski definition) is 1. The van der Waals surface area contributed by atoms with Gasteiger partial charge in [0.2, 0.25) is 5.91 Å². The Labute approximate surface area is 120 Å². The summed E-state index contributed by atoms with van der Waals surface area (Å²) in [4.78, 5) is 26.6. The van der Waals surface area contributed by atoms with E-state index in [0.29, 0.717) is 45.7 Å². The molecule has 1 heterocycles. The predicted molar refractivity (Wildman–Crippen MR) is 75.6 cm³/mol. The Kier molecular flexibility index (Phi) is 7.54. The molecule has 1 amide bonds. The molecule has 116 valence electrons. The lowest BCUT2D eigenvalue weighted by Gasteiger charge is -2.28. The van der Waals surface area contributed by atoms with Gasteiger partial charge in [-0.15, -0.1) is 0 Å². The summed E-state index contributed by atoms with van der Waals surface area (Å²) >= 11 is 0. The Hall–Kier alpha value is -1.14. The van der Waals surface area contributed by atoms with Crippen molar-refractivity contribution in [1.29, 1.82) is 0 Å². The van der Waals surface area contributed by atoms with Gasteiger partial charge in [0.1, 0.15) is 0 Å². The third-order valence-corrected chi connectivity index (χ3v) is 3.75. The molecule has 0 aromatic rings. The smallest absolute Gasteiger partial charge is 0.317 e. The summed E-state index contributed by atoms with van der Waals surface area (Å²) in [5.41, 5.74) is 0. The summed E-state index contributed by atoms with van der Waals surface area (Å²) in [6.45, 7) is 7.32. The van der Waals surface area contributed by atoms with Crippen LogP contribution < -0.4 is 0 Å². The minimum absolute atomic E-state index is 0.0424. The van der Waals surface area contributed by atoms with Gasteiger partial charge in [0.15, 0.2) is 0 Å². The van der Waals surface area contributed by atoms with Crippen LogP contribution in [-0.2, 0) is 14.3 Å². The number of hydrogen-bond acceptors (Lipinski definition) is 4. The number of aliphatic carboxylic acids is 1. The largest absolute Gasteiger partial charge is 0.480 e. The summed E-state index contributed by atoms with van der Waals surface area (Å²) in [7, 11) is 0. The number of nitrogens with zero attached hydrogens (tertiary/aromatic N) is 2. The van der Waals surface area contributed by atoms with Crippen LogP contribution in [0.15, 0.2) is 0 Å². The number of ether oxygens (including phenoxy) is 1. The molecule has 20 heavy (non-hydrogen) atoms. The molecule has 6 heteroatoms. The fraction of sp³-hybridized carbons (Fsp3) is 0.857. The molecule has 0 aromatic carbocycles. The SMILES string of the molecule is CCC(C)N(CCCC(=O)N1CCOCC1)CC(=O)O. The van der Waals surface area contributed by atoms with E-state index in [1.54, 1.807) is 0 Å². The Morgan fingerprint density at radius 2 is 2.00 bits per heavy atom. The van der Waals surface area contributed by atoms with E-state index < -0.39 is 5.97 Å². The Bertz CT molecular complexity index is 316. The summed E-state index contributed by atoms with van der Waals surface area (Å²) in [5.74, 6) is -0.669. The van der Waals surface area contributed by atoms with Gasteiger partial charge in [0, 0.05) is 25.6 Å². The maximum Gasteiger partial charge on any atom is 0.317 e. The van der Waals surface area contributed by atoms with Crippen molar-refractivity contribution in [2.24, 2.45) is 0 Å². The lowest BCUT2D eigenvalue weighted by atomic mass is 10.2. The van der Waals surface area contributed by atoms with Crippen LogP contribution in [-0.4, -0.2) is 72.2 Å². The minimum Gasteiger partial charge on any atom is -0.480 e. The number of rotatable bonds is 8. The number of carboxylic acids is 1. The highest BCUT2D eigenvalue weighted by atomic mass is 16.5. The van der Waals surface area contributed by atoms with Gasteiger partial charge < -0.3 is 14.7 Å². The highest BCUT2D eigenvalue weighted by Gasteiger charge is 2.18. The van der Waals surface area contributed by atoms with E-state index >= 15 is 0 Å². The van der Waals surface area contributed by atoms with Crippen molar-refractivity contribution in [3.63, 3.8) is 0 Å². The molecule has 1 fully saturated rings. The first-order chi connectivity index (χ1) is 9.54. The molecule has 1 aliphatic heterocycles. The van der Waals surface area contributed by atoms with E-state index in [1.165, 1.54) is 0 Å². The first-order valence-corrected chi connectivity index (χ1v) is 7.36. The second-order valence-corrected chi connectivity index (χ2v) is 5.22. The molecular weight excluding hydrogens is 260 g/mol. The summed E-state index contributed by atoms with van der Waals surface area (Å²) in [5, 5.41) is 8.91. The Balaban J connectivity index is 2.31. The van der Waals surface area contributed by atoms with E-state index in [-0.39, 0.29) is 18.5 Å². The zero-order chi connectivity index (χ0) is 15.0. The van der Waals surface area contributed by atoms with Crippen LogP contribution in [0.1, 0.15) is 33.1 Å². The standard InChI is InChI=1S/C14H26N2O4/c1-3-12(2)16(11-14(18)19)6-4-5-13(17)15-7-9-20-10-8-15/h12H,3-11H2,1-2H3,(H,18,19). The molecule has 0 saturated carbocycles. The molecule has 1 rings (SSSR count). The van der Waals surface area contributed by atoms with Crippen molar-refractivity contribution < 1.29 is 19.4 Å². The average Bonchev–Trinajstić information content (AvgIpc) is 2.45. The topological polar surface area (TPSA) is 70.1 Å². The van der Waals surface area contributed by atoms with Crippen molar-refractivity contribution in [1.82, 2.24) is 9.80 Å². The molecule has 1 unspecified atom stereocenters. The van der Waals surface area contributed by atoms with Crippen molar-refractivity contribution in [2.75, 3.05) is 39.4 Å². The first kappa shape index (κ1) is 16.9. The third-order valence-electron chi connectivity index (χ3n) is 3.75. The normalized spacial score (nSPS) is 17.2. The van der Waals surface area contributed by atoms with E-state index in [9.17, 15) is 9.59 Å². The zero-order valence-electron chi connectivity index (χ0n) is 12.5. The fourth-order valence-corrected chi connectivity index (χ4v) is 2.29. The number of carboxylic acid groups (broad SMARTS) is 1. The van der Waals surface area contributed by atoms with Crippen LogP contribution in [0.4, 0.5) is 0 Å². The van der Waals surface area contributed by atoms with Gasteiger partial charge in [-0.2, -0.15) is 0 Å². The molecule has 0 spiro atoms. The number of amides is 1. The second-order valence-electron chi connectivity index (χ2n) is 5.22. The maximum atomic E-state index is 12.0. The van der Waals surface area contributed by atoms with Crippen molar-refractivity contribution >= 4 is 11.9 Å². The molecule has 1 saturated heterocycles. The molecule has 6 nitrogen and oxygen atoms in total. The number of carbonyl (C=O) groups excluding carboxylic acids is 1. The fourth-order valence-electron chi connectivity index (χ4n) is 2.29. The minimum atomic E-state index is -0.815. The maximum absolute atomic E-state index is 12.0. The molecule has 1 N–H and O–H groups in total. The molecule has 0 aromatic heterocycles. The van der Waals surface area contributed by atoms with Gasteiger partial charge in [-0.05, 0) is 26.3 Å². The number of carbonyl (C=O) groups is 2. The van der Waals surface area contributed by atoms with Crippen LogP contribution >= 0.6 is 0 Å². The Morgan fingerprint density at radius 1 is 1.35 bits per heavy atom. The molecular formula is C14H26N2O4. The molecule has 1 atom stereocenters.